The summed E-state index contributed by atoms with van der Waals surface area (Å²) >= 11 is 0. The van der Waals surface area contributed by atoms with Gasteiger partial charge in [-0.25, -0.2) is 9.48 Å². The van der Waals surface area contributed by atoms with Gasteiger partial charge in [0.15, 0.2) is 5.82 Å². The molecule has 5 heteroatoms. The summed E-state index contributed by atoms with van der Waals surface area (Å²) < 4.78 is 3.20. The van der Waals surface area contributed by atoms with Crippen LogP contribution in [-0.2, 0) is 13.6 Å². The third-order valence-electron chi connectivity index (χ3n) is 3.59. The summed E-state index contributed by atoms with van der Waals surface area (Å²) in [6, 6.07) is 10.2. The fourth-order valence-electron chi connectivity index (χ4n) is 2.60. The zero-order chi connectivity index (χ0) is 13.2. The molecule has 2 heterocycles. The fraction of sp³-hybridized carbons (Fsp3) is 0.429. The van der Waals surface area contributed by atoms with Crippen molar-refractivity contribution in [3.05, 3.63) is 52.2 Å². The molecule has 1 saturated heterocycles. The van der Waals surface area contributed by atoms with Gasteiger partial charge in [0.25, 0.3) is 0 Å². The van der Waals surface area contributed by atoms with Crippen LogP contribution in [0.2, 0.25) is 0 Å². The van der Waals surface area contributed by atoms with Gasteiger partial charge < -0.3 is 5.32 Å². The number of hydrogen-bond donors (Lipinski definition) is 1. The summed E-state index contributed by atoms with van der Waals surface area (Å²) in [6.45, 7) is 1.59. The topological polar surface area (TPSA) is 51.9 Å². The fourth-order valence-corrected chi connectivity index (χ4v) is 2.60. The van der Waals surface area contributed by atoms with Gasteiger partial charge in [-0.3, -0.25) is 4.57 Å². The highest BCUT2D eigenvalue weighted by atomic mass is 16.2. The Kier molecular flexibility index (Phi) is 3.21. The number of nitrogens with zero attached hydrogens (tertiary/aromatic N) is 3. The molecule has 0 saturated carbocycles. The molecule has 2 aromatic rings. The maximum absolute atomic E-state index is 12.2. The maximum atomic E-state index is 12.2. The molecule has 5 nitrogen and oxygen atoms in total. The van der Waals surface area contributed by atoms with Gasteiger partial charge >= 0.3 is 5.69 Å². The molecule has 1 unspecified atom stereocenters. The maximum Gasteiger partial charge on any atom is 0.346 e. The molecule has 1 aliphatic rings. The molecular weight excluding hydrogens is 240 g/mol. The molecule has 1 aromatic carbocycles. The van der Waals surface area contributed by atoms with Gasteiger partial charge in [0.1, 0.15) is 0 Å². The first-order valence-electron chi connectivity index (χ1n) is 6.67. The lowest BCUT2D eigenvalue weighted by Crippen LogP contribution is -2.26. The Morgan fingerprint density at radius 3 is 2.84 bits per heavy atom. The first-order valence-corrected chi connectivity index (χ1v) is 6.67. The van der Waals surface area contributed by atoms with Crippen LogP contribution in [0.3, 0.4) is 0 Å². The molecule has 0 spiro atoms. The third kappa shape index (κ3) is 2.33. The van der Waals surface area contributed by atoms with Crippen LogP contribution >= 0.6 is 0 Å². The van der Waals surface area contributed by atoms with Crippen molar-refractivity contribution >= 4 is 0 Å². The average molecular weight is 258 g/mol. The van der Waals surface area contributed by atoms with E-state index in [1.54, 1.807) is 11.6 Å². The number of aromatic nitrogens is 3. The first kappa shape index (κ1) is 12.2. The summed E-state index contributed by atoms with van der Waals surface area (Å²) in [5, 5.41) is 7.80. The quantitative estimate of drug-likeness (QED) is 0.895. The SMILES string of the molecule is Cn1nc(C2CCCN2)n(Cc2ccccc2)c1=O. The van der Waals surface area contributed by atoms with E-state index in [1.807, 2.05) is 30.3 Å². The highest BCUT2D eigenvalue weighted by Gasteiger charge is 2.23. The Morgan fingerprint density at radius 2 is 2.16 bits per heavy atom. The van der Waals surface area contributed by atoms with Crippen molar-refractivity contribution in [2.45, 2.75) is 25.4 Å². The van der Waals surface area contributed by atoms with Gasteiger partial charge in [-0.05, 0) is 24.9 Å². The second kappa shape index (κ2) is 5.01. The van der Waals surface area contributed by atoms with Crippen LogP contribution in [-0.4, -0.2) is 20.9 Å². The van der Waals surface area contributed by atoms with Crippen molar-refractivity contribution in [2.24, 2.45) is 7.05 Å². The lowest BCUT2D eigenvalue weighted by Gasteiger charge is -2.11. The summed E-state index contributed by atoms with van der Waals surface area (Å²) in [4.78, 5) is 12.2. The monoisotopic (exact) mass is 258 g/mol. The largest absolute Gasteiger partial charge is 0.346 e. The zero-order valence-corrected chi connectivity index (χ0v) is 11.0. The molecular formula is C14H18N4O. The molecule has 1 aliphatic heterocycles. The van der Waals surface area contributed by atoms with Gasteiger partial charge in [0.2, 0.25) is 0 Å². The van der Waals surface area contributed by atoms with E-state index in [2.05, 4.69) is 10.4 Å². The Balaban J connectivity index is 1.97. The van der Waals surface area contributed by atoms with Crippen LogP contribution in [0.1, 0.15) is 30.3 Å². The normalized spacial score (nSPS) is 18.9. The minimum absolute atomic E-state index is 0.0486. The minimum Gasteiger partial charge on any atom is -0.307 e. The number of aryl methyl sites for hydroxylation is 1. The lowest BCUT2D eigenvalue weighted by atomic mass is 10.2. The number of rotatable bonds is 3. The summed E-state index contributed by atoms with van der Waals surface area (Å²) in [5.74, 6) is 0.855. The lowest BCUT2D eigenvalue weighted by molar-refractivity contribution is 0.558. The molecule has 1 aromatic heterocycles. The van der Waals surface area contributed by atoms with Gasteiger partial charge in [-0.2, -0.15) is 5.10 Å². The summed E-state index contributed by atoms with van der Waals surface area (Å²) in [5.41, 5.74) is 1.07. The molecule has 100 valence electrons. The van der Waals surface area contributed by atoms with E-state index in [1.165, 1.54) is 4.68 Å². The first-order chi connectivity index (χ1) is 9.25. The van der Waals surface area contributed by atoms with Crippen LogP contribution in [0.5, 0.6) is 0 Å². The van der Waals surface area contributed by atoms with Crippen molar-refractivity contribution in [3.8, 4) is 0 Å². The second-order valence-electron chi connectivity index (χ2n) is 4.99. The van der Waals surface area contributed by atoms with Crippen molar-refractivity contribution in [1.82, 2.24) is 19.7 Å². The molecule has 1 fully saturated rings. The van der Waals surface area contributed by atoms with Crippen LogP contribution in [0.25, 0.3) is 0 Å². The molecule has 0 amide bonds. The van der Waals surface area contributed by atoms with E-state index in [0.29, 0.717) is 6.54 Å². The standard InChI is InChI=1S/C14H18N4O/c1-17-14(19)18(10-11-6-3-2-4-7-11)13(16-17)12-8-5-9-15-12/h2-4,6-7,12,15H,5,8-10H2,1H3. The van der Waals surface area contributed by atoms with Gasteiger partial charge in [0.05, 0.1) is 12.6 Å². The van der Waals surface area contributed by atoms with E-state index in [4.69, 9.17) is 0 Å². The van der Waals surface area contributed by atoms with E-state index >= 15 is 0 Å². The Labute approximate surface area is 111 Å². The highest BCUT2D eigenvalue weighted by Crippen LogP contribution is 2.20. The number of hydrogen-bond acceptors (Lipinski definition) is 3. The predicted molar refractivity (Wildman–Crippen MR) is 73.0 cm³/mol. The average Bonchev–Trinajstić information content (AvgIpc) is 3.04. The highest BCUT2D eigenvalue weighted by molar-refractivity contribution is 5.16. The van der Waals surface area contributed by atoms with Crippen LogP contribution < -0.4 is 11.0 Å². The minimum atomic E-state index is -0.0486. The van der Waals surface area contributed by atoms with E-state index in [-0.39, 0.29) is 11.7 Å². The van der Waals surface area contributed by atoms with Crippen molar-refractivity contribution in [1.29, 1.82) is 0 Å². The van der Waals surface area contributed by atoms with Crippen molar-refractivity contribution in [2.75, 3.05) is 6.54 Å². The van der Waals surface area contributed by atoms with Crippen LogP contribution in [0, 0.1) is 0 Å². The molecule has 0 radical (unpaired) electrons. The van der Waals surface area contributed by atoms with Gasteiger partial charge in [-0.1, -0.05) is 30.3 Å². The molecule has 19 heavy (non-hydrogen) atoms. The smallest absolute Gasteiger partial charge is 0.307 e. The third-order valence-corrected chi connectivity index (χ3v) is 3.59. The van der Waals surface area contributed by atoms with Crippen molar-refractivity contribution < 1.29 is 0 Å². The Bertz CT molecular complexity index is 608. The molecule has 1 N–H and O–H groups in total. The zero-order valence-electron chi connectivity index (χ0n) is 11.0. The van der Waals surface area contributed by atoms with Gasteiger partial charge in [0, 0.05) is 7.05 Å². The molecule has 1 atom stereocenters. The summed E-state index contributed by atoms with van der Waals surface area (Å²) in [7, 11) is 1.71. The molecule has 3 rings (SSSR count). The molecule has 0 aliphatic carbocycles. The van der Waals surface area contributed by atoms with Gasteiger partial charge in [-0.15, -0.1) is 0 Å². The van der Waals surface area contributed by atoms with Crippen LogP contribution in [0.15, 0.2) is 35.1 Å². The Morgan fingerprint density at radius 1 is 1.37 bits per heavy atom. The number of nitrogens with one attached hydrogen (secondary N) is 1. The number of benzene rings is 1. The second-order valence-corrected chi connectivity index (χ2v) is 4.99. The predicted octanol–water partition coefficient (Wildman–Crippen LogP) is 1.05. The van der Waals surface area contributed by atoms with Crippen molar-refractivity contribution in [3.63, 3.8) is 0 Å². The van der Waals surface area contributed by atoms with Crippen LogP contribution in [0.4, 0.5) is 0 Å². The van der Waals surface area contributed by atoms with E-state index in [0.717, 1.165) is 30.8 Å². The van der Waals surface area contributed by atoms with E-state index < -0.39 is 0 Å². The summed E-state index contributed by atoms with van der Waals surface area (Å²) in [6.07, 6.45) is 2.19. The van der Waals surface area contributed by atoms with E-state index in [9.17, 15) is 4.79 Å². The Hall–Kier alpha value is -1.88. The molecule has 0 bridgehead atoms.